The fourth-order valence-corrected chi connectivity index (χ4v) is 5.68. The summed E-state index contributed by atoms with van der Waals surface area (Å²) >= 11 is 0. The van der Waals surface area contributed by atoms with Crippen LogP contribution >= 0.6 is 0 Å². The first-order valence-corrected chi connectivity index (χ1v) is 18.4. The van der Waals surface area contributed by atoms with Gasteiger partial charge in [-0.15, -0.1) is 0 Å². The molecule has 0 aliphatic carbocycles. The second-order valence-corrected chi connectivity index (χ2v) is 14.5. The van der Waals surface area contributed by atoms with Crippen molar-refractivity contribution in [3.05, 3.63) is 127 Å². The number of hydrogen-bond donors (Lipinski definition) is 2. The number of oxazole rings is 2. The zero-order chi connectivity index (χ0) is 40.0. The summed E-state index contributed by atoms with van der Waals surface area (Å²) in [5.74, 6) is -0.828. The number of aliphatic hydroxyl groups excluding tert-OH is 2. The summed E-state index contributed by atoms with van der Waals surface area (Å²) in [6.07, 6.45) is 28.0. The average molecular weight is 759 g/mol. The maximum absolute atomic E-state index is 13.3. The molecule has 0 radical (unpaired) electrons. The molecule has 2 N–H and O–H groups in total. The second kappa shape index (κ2) is 20.2. The highest BCUT2D eigenvalue weighted by Crippen LogP contribution is 2.34. The number of carbonyl (C=O) groups is 2. The van der Waals surface area contributed by atoms with Crippen molar-refractivity contribution in [1.82, 2.24) is 9.97 Å². The normalized spacial score (nSPS) is 28.3. The Morgan fingerprint density at radius 3 is 1.95 bits per heavy atom. The standard InChI is InChI=1S/C43H54N2O10/c1-8-18-34(46)42(3,4)36-23-14-12-10-11-13-20-29(50-7)26-39-45-31(28-52-39)41(49)55-37(43(5,6)35(47)19-9-2)24-17-22-33-32(53-33)21-15-16-25-38-44-30(27-51-38)40(48)54-36/h8-22,25,27-29,32-37,46-47H,23-24,26H2,1-7H3/b11-10-,14-12-,18-8+,19-9+,20-13+,21-15+,22-17-,25-16-/t29-,32-,33-,34-,35-,36-,37+/m0/s1. The number of methoxy groups -OCH3 is 1. The molecule has 2 aliphatic heterocycles. The highest BCUT2D eigenvalue weighted by Gasteiger charge is 2.40. The third-order valence-corrected chi connectivity index (χ3v) is 9.64. The number of nitrogens with zero attached hydrogens (tertiary/aromatic N) is 2. The molecule has 12 nitrogen and oxygen atoms in total. The number of esters is 2. The first kappa shape index (κ1) is 42.9. The predicted molar refractivity (Wildman–Crippen MR) is 208 cm³/mol. The van der Waals surface area contributed by atoms with Gasteiger partial charge in [-0.3, -0.25) is 0 Å². The van der Waals surface area contributed by atoms with Gasteiger partial charge in [0, 0.05) is 36.9 Å². The van der Waals surface area contributed by atoms with Crippen LogP contribution in [0, 0.1) is 10.8 Å². The summed E-state index contributed by atoms with van der Waals surface area (Å²) in [5, 5.41) is 21.8. The number of rotatable bonds is 7. The molecule has 0 unspecified atom stereocenters. The summed E-state index contributed by atoms with van der Waals surface area (Å²) in [6, 6.07) is 0. The fourth-order valence-electron chi connectivity index (χ4n) is 5.68. The van der Waals surface area contributed by atoms with Crippen molar-refractivity contribution in [2.24, 2.45) is 10.8 Å². The van der Waals surface area contributed by atoms with E-state index in [1.54, 1.807) is 49.6 Å². The van der Waals surface area contributed by atoms with Crippen LogP contribution in [0.3, 0.4) is 0 Å². The second-order valence-electron chi connectivity index (χ2n) is 14.5. The maximum Gasteiger partial charge on any atom is 0.360 e. The summed E-state index contributed by atoms with van der Waals surface area (Å²) in [4.78, 5) is 35.2. The van der Waals surface area contributed by atoms with Gasteiger partial charge in [0.15, 0.2) is 17.3 Å². The number of aromatic nitrogens is 2. The summed E-state index contributed by atoms with van der Waals surface area (Å²) in [5.41, 5.74) is -1.66. The smallest absolute Gasteiger partial charge is 0.360 e. The molecule has 2 aromatic rings. The van der Waals surface area contributed by atoms with E-state index in [9.17, 15) is 19.8 Å². The van der Waals surface area contributed by atoms with Crippen molar-refractivity contribution in [2.45, 2.75) is 104 Å². The maximum atomic E-state index is 13.3. The van der Waals surface area contributed by atoms with E-state index in [1.165, 1.54) is 12.5 Å². The molecule has 2 aliphatic rings. The number of hydrogen-bond acceptors (Lipinski definition) is 12. The lowest BCUT2D eigenvalue weighted by Gasteiger charge is -2.36. The van der Waals surface area contributed by atoms with Crippen LogP contribution in [0.25, 0.3) is 6.08 Å². The Hall–Kier alpha value is -4.88. The van der Waals surface area contributed by atoms with Gasteiger partial charge in [0.25, 0.3) is 0 Å². The molecule has 55 heavy (non-hydrogen) atoms. The average Bonchev–Trinajstić information content (AvgIpc) is 3.47. The van der Waals surface area contributed by atoms with E-state index in [-0.39, 0.29) is 35.9 Å². The first-order valence-electron chi connectivity index (χ1n) is 18.4. The Morgan fingerprint density at radius 1 is 0.745 bits per heavy atom. The molecule has 0 spiro atoms. The number of fused-ring (bicyclic) bond motifs is 5. The van der Waals surface area contributed by atoms with Gasteiger partial charge in [-0.1, -0.05) is 119 Å². The van der Waals surface area contributed by atoms with Crippen LogP contribution in [0.2, 0.25) is 0 Å². The number of aliphatic hydroxyl groups is 2. The Labute approximate surface area is 323 Å². The van der Waals surface area contributed by atoms with E-state index in [1.807, 2.05) is 96.2 Å². The Kier molecular flexibility index (Phi) is 15.7. The van der Waals surface area contributed by atoms with Crippen LogP contribution in [-0.4, -0.2) is 82.0 Å². The quantitative estimate of drug-likeness (QED) is 0.165. The number of epoxide rings is 1. The largest absolute Gasteiger partial charge is 0.457 e. The molecule has 296 valence electrons. The van der Waals surface area contributed by atoms with Crippen molar-refractivity contribution >= 4 is 18.0 Å². The van der Waals surface area contributed by atoms with E-state index >= 15 is 0 Å². The van der Waals surface area contributed by atoms with Crippen molar-refractivity contribution in [2.75, 3.05) is 7.11 Å². The molecule has 0 saturated carbocycles. The van der Waals surface area contributed by atoms with Crippen molar-refractivity contribution in [1.29, 1.82) is 0 Å². The van der Waals surface area contributed by atoms with Crippen LogP contribution in [0.1, 0.15) is 87.1 Å². The molecular weight excluding hydrogens is 704 g/mol. The Bertz CT molecular complexity index is 1800. The molecule has 7 atom stereocenters. The van der Waals surface area contributed by atoms with Gasteiger partial charge in [0.2, 0.25) is 5.89 Å². The van der Waals surface area contributed by atoms with Gasteiger partial charge in [0.1, 0.15) is 36.9 Å². The highest BCUT2D eigenvalue weighted by atomic mass is 16.6. The van der Waals surface area contributed by atoms with E-state index in [0.717, 1.165) is 0 Å². The van der Waals surface area contributed by atoms with Gasteiger partial charge in [-0.25, -0.2) is 19.6 Å². The molecule has 0 amide bonds. The number of cyclic esters (lactones) is 2. The van der Waals surface area contributed by atoms with Crippen LogP contribution < -0.4 is 0 Å². The minimum absolute atomic E-state index is 0.00780. The van der Waals surface area contributed by atoms with E-state index in [4.69, 9.17) is 27.8 Å². The predicted octanol–water partition coefficient (Wildman–Crippen LogP) is 7.25. The van der Waals surface area contributed by atoms with Crippen LogP contribution in [-0.2, 0) is 25.4 Å². The monoisotopic (exact) mass is 758 g/mol. The van der Waals surface area contributed by atoms with Gasteiger partial charge < -0.3 is 38.0 Å². The molecule has 4 bridgehead atoms. The van der Waals surface area contributed by atoms with Crippen LogP contribution in [0.4, 0.5) is 0 Å². The third kappa shape index (κ3) is 12.3. The topological polar surface area (TPSA) is 167 Å². The van der Waals surface area contributed by atoms with E-state index < -0.39 is 53.3 Å². The van der Waals surface area contributed by atoms with Crippen LogP contribution in [0.5, 0.6) is 0 Å². The minimum atomic E-state index is -0.880. The van der Waals surface area contributed by atoms with E-state index in [2.05, 4.69) is 9.97 Å². The van der Waals surface area contributed by atoms with Gasteiger partial charge in [-0.05, 0) is 13.8 Å². The summed E-state index contributed by atoms with van der Waals surface area (Å²) in [7, 11) is 1.56. The highest BCUT2D eigenvalue weighted by molar-refractivity contribution is 5.87. The van der Waals surface area contributed by atoms with Crippen molar-refractivity contribution < 1.29 is 47.6 Å². The molecule has 0 aromatic carbocycles. The van der Waals surface area contributed by atoms with Gasteiger partial charge >= 0.3 is 11.9 Å². The SMILES string of the molecule is C/C=C/[C@H](O)C(C)(C)[C@@H]1C\C=C/C=C\C=C\[C@H](OC)Cc2nc(co2)C(=O)O[C@@H](C(C)(C)[C@@H](O)/C=C/C)C/C=C\[C@@H]2O[C@H]2/C=C/C=C\c2nc(co2)C(=O)O1. The zero-order valence-corrected chi connectivity index (χ0v) is 32.6. The Balaban J connectivity index is 1.58. The van der Waals surface area contributed by atoms with Gasteiger partial charge in [-0.2, -0.15) is 0 Å². The summed E-state index contributed by atoms with van der Waals surface area (Å²) in [6.45, 7) is 11.0. The zero-order valence-electron chi connectivity index (χ0n) is 32.6. The molecule has 4 rings (SSSR count). The molecule has 2 aromatic heterocycles. The molecule has 1 fully saturated rings. The molecule has 4 heterocycles. The lowest BCUT2D eigenvalue weighted by molar-refractivity contribution is -0.0461. The van der Waals surface area contributed by atoms with E-state index in [0.29, 0.717) is 18.7 Å². The third-order valence-electron chi connectivity index (χ3n) is 9.64. The number of carbonyl (C=O) groups excluding carboxylic acids is 2. The van der Waals surface area contributed by atoms with Crippen LogP contribution in [0.15, 0.2) is 113 Å². The molecule has 1 saturated heterocycles. The van der Waals surface area contributed by atoms with Gasteiger partial charge in [0.05, 0.1) is 24.7 Å². The number of allylic oxidation sites excluding steroid dienone is 8. The Morgan fingerprint density at radius 2 is 1.31 bits per heavy atom. The lowest BCUT2D eigenvalue weighted by Crippen LogP contribution is -2.42. The first-order chi connectivity index (χ1) is 26.3. The molecular formula is C43H54N2O10. The number of ether oxygens (including phenoxy) is 4. The van der Waals surface area contributed by atoms with Crippen molar-refractivity contribution in [3.8, 4) is 0 Å². The lowest BCUT2D eigenvalue weighted by atomic mass is 9.79. The summed E-state index contributed by atoms with van der Waals surface area (Å²) < 4.78 is 34.3. The minimum Gasteiger partial charge on any atom is -0.457 e. The molecule has 12 heteroatoms. The van der Waals surface area contributed by atoms with Crippen molar-refractivity contribution in [3.63, 3.8) is 0 Å². The fraction of sp³-hybridized carbons (Fsp3) is 0.442.